The Kier molecular flexibility index (Phi) is 35.2. The summed E-state index contributed by atoms with van der Waals surface area (Å²) in [5, 5.41) is 2.78. The molecular formula is C46H89NO8. The van der Waals surface area contributed by atoms with Crippen molar-refractivity contribution in [2.24, 2.45) is 41.4 Å². The van der Waals surface area contributed by atoms with Gasteiger partial charge >= 0.3 is 18.0 Å². The van der Waals surface area contributed by atoms with Gasteiger partial charge in [-0.05, 0) is 92.8 Å². The minimum absolute atomic E-state index is 0.0639. The van der Waals surface area contributed by atoms with Gasteiger partial charge in [-0.1, -0.05) is 120 Å². The van der Waals surface area contributed by atoms with Gasteiger partial charge in [0.05, 0.1) is 39.6 Å². The van der Waals surface area contributed by atoms with Crippen LogP contribution >= 0.6 is 0 Å². The zero-order chi connectivity index (χ0) is 41.1. The molecule has 1 amide bonds. The maximum Gasteiger partial charge on any atom is 0.407 e. The Bertz CT molecular complexity index is 852. The van der Waals surface area contributed by atoms with Crippen LogP contribution in [-0.4, -0.2) is 71.3 Å². The fourth-order valence-corrected chi connectivity index (χ4v) is 7.00. The second kappa shape index (κ2) is 36.5. The molecule has 0 bridgehead atoms. The van der Waals surface area contributed by atoms with E-state index >= 15 is 0 Å². The molecule has 0 aromatic carbocycles. The van der Waals surface area contributed by atoms with Gasteiger partial charge in [0.25, 0.3) is 0 Å². The molecule has 2 atom stereocenters. The summed E-state index contributed by atoms with van der Waals surface area (Å²) < 4.78 is 27.2. The number of esters is 2. The molecule has 2 unspecified atom stereocenters. The SMILES string of the molecule is COCCOCCNC(=O)OCC(CCCCCCCC(=O)OCCC(CCC(C)C)C(C)C)CCCCCCCC(=O)OCCC(CCC(C)C)C(C)C. The first-order valence-electron chi connectivity index (χ1n) is 22.6. The maximum absolute atomic E-state index is 12.3. The number of rotatable bonds is 38. The minimum atomic E-state index is -0.398. The number of ether oxygens (including phenoxy) is 5. The van der Waals surface area contributed by atoms with Crippen molar-refractivity contribution >= 4 is 18.0 Å². The van der Waals surface area contributed by atoms with E-state index in [9.17, 15) is 14.4 Å². The van der Waals surface area contributed by atoms with Crippen molar-refractivity contribution in [3.05, 3.63) is 0 Å². The highest BCUT2D eigenvalue weighted by molar-refractivity contribution is 5.69. The predicted molar refractivity (Wildman–Crippen MR) is 226 cm³/mol. The van der Waals surface area contributed by atoms with Gasteiger partial charge in [0.2, 0.25) is 0 Å². The zero-order valence-electron chi connectivity index (χ0n) is 37.4. The van der Waals surface area contributed by atoms with Crippen molar-refractivity contribution < 1.29 is 38.1 Å². The van der Waals surface area contributed by atoms with Crippen LogP contribution in [0.5, 0.6) is 0 Å². The molecule has 9 nitrogen and oxygen atoms in total. The summed E-state index contributed by atoms with van der Waals surface area (Å²) in [6.45, 7) is 21.5. The topological polar surface area (TPSA) is 109 Å². The van der Waals surface area contributed by atoms with Gasteiger partial charge < -0.3 is 29.0 Å². The summed E-state index contributed by atoms with van der Waals surface area (Å²) in [4.78, 5) is 36.9. The van der Waals surface area contributed by atoms with E-state index in [1.165, 1.54) is 25.7 Å². The first-order chi connectivity index (χ1) is 26.3. The number of nitrogens with one attached hydrogen (secondary N) is 1. The fourth-order valence-electron chi connectivity index (χ4n) is 7.00. The second-order valence-electron chi connectivity index (χ2n) is 17.6. The molecule has 0 aliphatic heterocycles. The second-order valence-corrected chi connectivity index (χ2v) is 17.6. The van der Waals surface area contributed by atoms with E-state index in [0.717, 1.165) is 89.9 Å². The molecule has 0 rings (SSSR count). The summed E-state index contributed by atoms with van der Waals surface area (Å²) in [6, 6.07) is 0. The Morgan fingerprint density at radius 3 is 1.36 bits per heavy atom. The van der Waals surface area contributed by atoms with Gasteiger partial charge in [-0.2, -0.15) is 0 Å². The van der Waals surface area contributed by atoms with Crippen molar-refractivity contribution in [1.82, 2.24) is 5.32 Å². The number of alkyl carbamates (subject to hydrolysis) is 1. The van der Waals surface area contributed by atoms with Crippen LogP contribution < -0.4 is 5.32 Å². The highest BCUT2D eigenvalue weighted by atomic mass is 16.6. The van der Waals surface area contributed by atoms with E-state index in [4.69, 9.17) is 23.7 Å². The summed E-state index contributed by atoms with van der Waals surface area (Å²) in [6.07, 6.45) is 19.8. The summed E-state index contributed by atoms with van der Waals surface area (Å²) >= 11 is 0. The number of hydrogen-bond acceptors (Lipinski definition) is 8. The molecule has 0 heterocycles. The van der Waals surface area contributed by atoms with Gasteiger partial charge in [-0.25, -0.2) is 4.79 Å². The molecule has 0 fully saturated rings. The lowest BCUT2D eigenvalue weighted by Crippen LogP contribution is -2.29. The number of carbonyl (C=O) groups is 3. The molecule has 0 aliphatic carbocycles. The molecule has 0 radical (unpaired) electrons. The Hall–Kier alpha value is -1.87. The lowest BCUT2D eigenvalue weighted by molar-refractivity contribution is -0.145. The van der Waals surface area contributed by atoms with Crippen LogP contribution in [0, 0.1) is 41.4 Å². The van der Waals surface area contributed by atoms with E-state index < -0.39 is 6.09 Å². The molecule has 0 saturated heterocycles. The van der Waals surface area contributed by atoms with Crippen LogP contribution in [0.25, 0.3) is 0 Å². The largest absolute Gasteiger partial charge is 0.466 e. The maximum atomic E-state index is 12.3. The Morgan fingerprint density at radius 2 is 0.927 bits per heavy atom. The summed E-state index contributed by atoms with van der Waals surface area (Å²) in [5.74, 6) is 4.07. The van der Waals surface area contributed by atoms with Crippen LogP contribution in [0.1, 0.15) is 184 Å². The van der Waals surface area contributed by atoms with E-state index in [2.05, 4.69) is 60.7 Å². The van der Waals surface area contributed by atoms with Crippen LogP contribution in [0.4, 0.5) is 4.79 Å². The number of hydrogen-bond donors (Lipinski definition) is 1. The summed E-state index contributed by atoms with van der Waals surface area (Å²) in [5.41, 5.74) is 0. The van der Waals surface area contributed by atoms with E-state index in [-0.39, 0.29) is 11.9 Å². The van der Waals surface area contributed by atoms with Crippen LogP contribution in [0.3, 0.4) is 0 Å². The van der Waals surface area contributed by atoms with Crippen molar-refractivity contribution in [2.75, 3.05) is 53.3 Å². The third-order valence-electron chi connectivity index (χ3n) is 11.0. The van der Waals surface area contributed by atoms with Crippen LogP contribution in [0.2, 0.25) is 0 Å². The lowest BCUT2D eigenvalue weighted by atomic mass is 9.86. The highest BCUT2D eigenvalue weighted by Crippen LogP contribution is 2.25. The average Bonchev–Trinajstić information content (AvgIpc) is 3.12. The third-order valence-corrected chi connectivity index (χ3v) is 11.0. The Morgan fingerprint density at radius 1 is 0.473 bits per heavy atom. The van der Waals surface area contributed by atoms with Gasteiger partial charge in [-0.3, -0.25) is 9.59 Å². The highest BCUT2D eigenvalue weighted by Gasteiger charge is 2.17. The van der Waals surface area contributed by atoms with Crippen molar-refractivity contribution in [1.29, 1.82) is 0 Å². The average molecular weight is 784 g/mol. The number of carbonyl (C=O) groups excluding carboxylic acids is 3. The van der Waals surface area contributed by atoms with Crippen LogP contribution in [0.15, 0.2) is 0 Å². The molecule has 0 aromatic heterocycles. The fraction of sp³-hybridized carbons (Fsp3) is 0.935. The number of methoxy groups -OCH3 is 1. The van der Waals surface area contributed by atoms with Crippen LogP contribution in [-0.2, 0) is 33.3 Å². The van der Waals surface area contributed by atoms with Gasteiger partial charge in [0.15, 0.2) is 0 Å². The molecule has 326 valence electrons. The smallest absolute Gasteiger partial charge is 0.407 e. The van der Waals surface area contributed by atoms with Crippen molar-refractivity contribution in [2.45, 2.75) is 184 Å². The monoisotopic (exact) mass is 784 g/mol. The standard InChI is InChI=1S/C46H89NO8/c1-37(2)24-26-42(39(5)6)28-31-53-44(48)22-18-14-10-12-16-20-41(36-55-46(50)47-30-33-52-35-34-51-9)21-17-13-11-15-19-23-45(49)54-32-29-43(40(7)8)27-25-38(3)4/h37-43H,10-36H2,1-9H3,(H,47,50). The van der Waals surface area contributed by atoms with E-state index in [1.807, 2.05) is 0 Å². The molecule has 0 aliphatic rings. The van der Waals surface area contributed by atoms with Crippen molar-refractivity contribution in [3.8, 4) is 0 Å². The third kappa shape index (κ3) is 35.1. The molecule has 1 N–H and O–H groups in total. The van der Waals surface area contributed by atoms with E-state index in [0.29, 0.717) is 100 Å². The van der Waals surface area contributed by atoms with Gasteiger partial charge in [-0.15, -0.1) is 0 Å². The molecule has 0 saturated carbocycles. The van der Waals surface area contributed by atoms with E-state index in [1.54, 1.807) is 7.11 Å². The number of unbranched alkanes of at least 4 members (excludes halogenated alkanes) is 8. The molecular weight excluding hydrogens is 695 g/mol. The zero-order valence-corrected chi connectivity index (χ0v) is 37.4. The quantitative estimate of drug-likeness (QED) is 0.0374. The minimum Gasteiger partial charge on any atom is -0.466 e. The van der Waals surface area contributed by atoms with Gasteiger partial charge in [0.1, 0.15) is 0 Å². The Balaban J connectivity index is 4.40. The normalized spacial score (nSPS) is 13.4. The molecule has 9 heteroatoms. The summed E-state index contributed by atoms with van der Waals surface area (Å²) in [7, 11) is 1.63. The molecule has 0 spiro atoms. The lowest BCUT2D eigenvalue weighted by Gasteiger charge is -2.21. The van der Waals surface area contributed by atoms with Gasteiger partial charge in [0, 0.05) is 26.5 Å². The molecule has 55 heavy (non-hydrogen) atoms. The number of amides is 1. The Labute approximate surface area is 339 Å². The van der Waals surface area contributed by atoms with Crippen molar-refractivity contribution in [3.63, 3.8) is 0 Å². The first-order valence-corrected chi connectivity index (χ1v) is 22.6. The predicted octanol–water partition coefficient (Wildman–Crippen LogP) is 11.7. The first kappa shape index (κ1) is 53.1. The molecule has 0 aromatic rings.